The summed E-state index contributed by atoms with van der Waals surface area (Å²) in [5.41, 5.74) is 0. The number of carbonyl (C=O) groups excluding carboxylic acids is 3. The smallest absolute Gasteiger partial charge is 0.306 e. The Bertz CT molecular complexity index is 1610. The molecule has 6 nitrogen and oxygen atoms in total. The van der Waals surface area contributed by atoms with E-state index >= 15 is 0 Å². The molecule has 0 bridgehead atoms. The largest absolute Gasteiger partial charge is 0.462 e. The highest BCUT2D eigenvalue weighted by atomic mass is 16.6. The van der Waals surface area contributed by atoms with Crippen molar-refractivity contribution in [2.45, 2.75) is 207 Å². The minimum absolute atomic E-state index is 0.122. The van der Waals surface area contributed by atoms with Gasteiger partial charge in [-0.05, 0) is 83.5 Å². The molecule has 69 heavy (non-hydrogen) atoms. The van der Waals surface area contributed by atoms with Gasteiger partial charge in [0, 0.05) is 19.3 Å². The SMILES string of the molecule is CC\C=C/C=C\C=C/C=C\C=C\C=C/C=C\CCCCCC(=O)OCC(COC(=O)CCCCC\C=C/C=C\C=C/C=C\CC)OC(=O)CCCCCCCCCCCC/C=C\C=C/CCCCC. The molecule has 0 aromatic heterocycles. The predicted octanol–water partition coefficient (Wildman–Crippen LogP) is 18.2. The summed E-state index contributed by atoms with van der Waals surface area (Å²) in [5.74, 6) is -1.02. The molecule has 6 heteroatoms. The Labute approximate surface area is 422 Å². The van der Waals surface area contributed by atoms with Crippen LogP contribution in [0.2, 0.25) is 0 Å². The van der Waals surface area contributed by atoms with E-state index < -0.39 is 6.10 Å². The molecule has 0 radical (unpaired) electrons. The Hall–Kier alpha value is -4.97. The van der Waals surface area contributed by atoms with Gasteiger partial charge in [-0.2, -0.15) is 0 Å². The Morgan fingerprint density at radius 1 is 0.304 bits per heavy atom. The van der Waals surface area contributed by atoms with Crippen molar-refractivity contribution in [3.05, 3.63) is 158 Å². The van der Waals surface area contributed by atoms with Crippen LogP contribution < -0.4 is 0 Å². The first-order valence-electron chi connectivity index (χ1n) is 27.2. The monoisotopic (exact) mass is 949 g/mol. The quantitative estimate of drug-likeness (QED) is 0.0262. The second-order valence-electron chi connectivity index (χ2n) is 17.3. The molecule has 0 fully saturated rings. The molecule has 0 aromatic carbocycles. The van der Waals surface area contributed by atoms with Gasteiger partial charge in [0.2, 0.25) is 0 Å². The number of esters is 3. The van der Waals surface area contributed by atoms with Crippen LogP contribution in [0.25, 0.3) is 0 Å². The summed E-state index contributed by atoms with van der Waals surface area (Å²) < 4.78 is 16.8. The van der Waals surface area contributed by atoms with E-state index in [1.54, 1.807) is 0 Å². The van der Waals surface area contributed by atoms with E-state index in [-0.39, 0.29) is 37.5 Å². The van der Waals surface area contributed by atoms with Crippen molar-refractivity contribution in [2.75, 3.05) is 13.2 Å². The van der Waals surface area contributed by atoms with E-state index in [9.17, 15) is 14.4 Å². The molecule has 0 saturated heterocycles. The molecule has 0 rings (SSSR count). The summed E-state index contributed by atoms with van der Waals surface area (Å²) in [6.07, 6.45) is 80.8. The van der Waals surface area contributed by atoms with E-state index in [0.29, 0.717) is 19.3 Å². The molecule has 0 saturated carbocycles. The molecule has 0 aliphatic heterocycles. The van der Waals surface area contributed by atoms with Gasteiger partial charge in [-0.15, -0.1) is 0 Å². The average Bonchev–Trinajstić information content (AvgIpc) is 3.35. The molecule has 1 atom stereocenters. The molecule has 0 aliphatic carbocycles. The summed E-state index contributed by atoms with van der Waals surface area (Å²) in [5, 5.41) is 0. The highest BCUT2D eigenvalue weighted by Gasteiger charge is 2.19. The summed E-state index contributed by atoms with van der Waals surface area (Å²) in [7, 11) is 0. The fourth-order valence-corrected chi connectivity index (χ4v) is 6.78. The Morgan fingerprint density at radius 2 is 0.565 bits per heavy atom. The number of hydrogen-bond acceptors (Lipinski definition) is 6. The molecule has 0 aromatic rings. The van der Waals surface area contributed by atoms with Gasteiger partial charge < -0.3 is 14.2 Å². The fourth-order valence-electron chi connectivity index (χ4n) is 6.78. The Kier molecular flexibility index (Phi) is 51.6. The van der Waals surface area contributed by atoms with Crippen molar-refractivity contribution in [3.8, 4) is 0 Å². The van der Waals surface area contributed by atoms with Crippen LogP contribution in [-0.2, 0) is 28.6 Å². The van der Waals surface area contributed by atoms with E-state index in [2.05, 4.69) is 69.4 Å². The first kappa shape index (κ1) is 64.0. The number of unbranched alkanes of at least 4 members (excludes halogenated alkanes) is 19. The van der Waals surface area contributed by atoms with Crippen LogP contribution in [0, 0.1) is 0 Å². The lowest BCUT2D eigenvalue weighted by Crippen LogP contribution is -2.30. The fraction of sp³-hybridized carbons (Fsp3) is 0.540. The summed E-state index contributed by atoms with van der Waals surface area (Å²) in [6, 6.07) is 0. The molecule has 1 unspecified atom stereocenters. The zero-order valence-electron chi connectivity index (χ0n) is 43.8. The zero-order valence-corrected chi connectivity index (χ0v) is 43.8. The van der Waals surface area contributed by atoms with Crippen LogP contribution in [0.3, 0.4) is 0 Å². The third-order valence-corrected chi connectivity index (χ3v) is 10.8. The van der Waals surface area contributed by atoms with Gasteiger partial charge in [0.1, 0.15) is 13.2 Å². The Morgan fingerprint density at radius 3 is 0.913 bits per heavy atom. The summed E-state index contributed by atoms with van der Waals surface area (Å²) >= 11 is 0. The van der Waals surface area contributed by atoms with Crippen LogP contribution in [0.4, 0.5) is 0 Å². The number of hydrogen-bond donors (Lipinski definition) is 0. The second kappa shape index (κ2) is 55.6. The topological polar surface area (TPSA) is 78.9 Å². The lowest BCUT2D eigenvalue weighted by molar-refractivity contribution is -0.167. The zero-order chi connectivity index (χ0) is 50.0. The lowest BCUT2D eigenvalue weighted by atomic mass is 10.1. The van der Waals surface area contributed by atoms with Crippen molar-refractivity contribution in [3.63, 3.8) is 0 Å². The van der Waals surface area contributed by atoms with E-state index in [4.69, 9.17) is 14.2 Å². The molecule has 0 N–H and O–H groups in total. The third-order valence-electron chi connectivity index (χ3n) is 10.8. The molecule has 0 heterocycles. The molecule has 0 amide bonds. The van der Waals surface area contributed by atoms with Gasteiger partial charge in [0.25, 0.3) is 0 Å². The van der Waals surface area contributed by atoms with Crippen molar-refractivity contribution in [2.24, 2.45) is 0 Å². The molecule has 0 spiro atoms. The first-order valence-corrected chi connectivity index (χ1v) is 27.2. The van der Waals surface area contributed by atoms with Gasteiger partial charge in [0.05, 0.1) is 0 Å². The van der Waals surface area contributed by atoms with Crippen molar-refractivity contribution in [1.82, 2.24) is 0 Å². The summed E-state index contributed by atoms with van der Waals surface area (Å²) in [4.78, 5) is 38.1. The second-order valence-corrected chi connectivity index (χ2v) is 17.3. The predicted molar refractivity (Wildman–Crippen MR) is 297 cm³/mol. The van der Waals surface area contributed by atoms with Gasteiger partial charge in [-0.25, -0.2) is 0 Å². The lowest BCUT2D eigenvalue weighted by Gasteiger charge is -2.18. The standard InChI is InChI=1S/C63H96O6/c1-4-7-10-13-16-19-22-25-27-29-31-33-35-38-41-44-47-50-53-56-62(65)68-59-60(58-67-61(64)55-52-49-46-43-40-37-24-21-18-15-12-9-6-3)69-63(66)57-54-51-48-45-42-39-36-34-32-30-28-26-23-20-17-14-11-8-5-2/h7,9-10,12-13,15-27,29,31,33,35,37-38,40-41,60H,4-6,8,11,14,28,30,32,34,36,39,42-59H2,1-3H3/b10-7-,12-9-,16-13-,18-15-,20-17-,22-19-,24-21-,26-23-,27-25-,31-29+,35-33-,40-37-,41-38-. The summed E-state index contributed by atoms with van der Waals surface area (Å²) in [6.45, 7) is 6.23. The molecule has 384 valence electrons. The maximum absolute atomic E-state index is 12.8. The minimum atomic E-state index is -0.824. The van der Waals surface area contributed by atoms with Crippen LogP contribution >= 0.6 is 0 Å². The highest BCUT2D eigenvalue weighted by molar-refractivity contribution is 5.71. The maximum atomic E-state index is 12.8. The van der Waals surface area contributed by atoms with Gasteiger partial charge >= 0.3 is 17.9 Å². The molecule has 0 aliphatic rings. The average molecular weight is 949 g/mol. The molecular weight excluding hydrogens is 853 g/mol. The van der Waals surface area contributed by atoms with E-state index in [1.165, 1.54) is 77.0 Å². The van der Waals surface area contributed by atoms with E-state index in [0.717, 1.165) is 77.0 Å². The number of allylic oxidation sites excluding steroid dienone is 26. The van der Waals surface area contributed by atoms with Gasteiger partial charge in [0.15, 0.2) is 6.10 Å². The third kappa shape index (κ3) is 53.8. The van der Waals surface area contributed by atoms with Crippen LogP contribution in [-0.4, -0.2) is 37.2 Å². The first-order chi connectivity index (χ1) is 34.0. The van der Waals surface area contributed by atoms with Gasteiger partial charge in [-0.3, -0.25) is 14.4 Å². The number of carbonyl (C=O) groups is 3. The van der Waals surface area contributed by atoms with E-state index in [1.807, 2.05) is 109 Å². The Balaban J connectivity index is 4.56. The highest BCUT2D eigenvalue weighted by Crippen LogP contribution is 2.14. The van der Waals surface area contributed by atoms with Crippen LogP contribution in [0.5, 0.6) is 0 Å². The van der Waals surface area contributed by atoms with Crippen molar-refractivity contribution < 1.29 is 28.6 Å². The van der Waals surface area contributed by atoms with Crippen molar-refractivity contribution >= 4 is 17.9 Å². The number of rotatable bonds is 46. The number of ether oxygens (including phenoxy) is 3. The van der Waals surface area contributed by atoms with Crippen LogP contribution in [0.1, 0.15) is 201 Å². The maximum Gasteiger partial charge on any atom is 0.306 e. The minimum Gasteiger partial charge on any atom is -0.462 e. The van der Waals surface area contributed by atoms with Crippen LogP contribution in [0.15, 0.2) is 158 Å². The normalized spacial score (nSPS) is 13.4. The molecular formula is C63H96O6. The van der Waals surface area contributed by atoms with Crippen molar-refractivity contribution in [1.29, 1.82) is 0 Å². The van der Waals surface area contributed by atoms with Gasteiger partial charge in [-0.1, -0.05) is 256 Å².